The monoisotopic (exact) mass is 168 g/mol. The van der Waals surface area contributed by atoms with Crippen molar-refractivity contribution in [2.24, 2.45) is 0 Å². The van der Waals surface area contributed by atoms with Crippen LogP contribution in [0.15, 0.2) is 18.7 Å². The predicted octanol–water partition coefficient (Wildman–Crippen LogP) is 0.684. The molecule has 1 aromatic heterocycles. The highest BCUT2D eigenvalue weighted by atomic mass is 16.3. The zero-order valence-electron chi connectivity index (χ0n) is 6.97. The Morgan fingerprint density at radius 3 is 3.00 bits per heavy atom. The SMILES string of the molecule is CCCC(O)C(=O)n1ccnc1. The maximum Gasteiger partial charge on any atom is 0.260 e. The third-order valence-electron chi connectivity index (χ3n) is 1.61. The van der Waals surface area contributed by atoms with Gasteiger partial charge in [0.1, 0.15) is 12.4 Å². The highest BCUT2D eigenvalue weighted by molar-refractivity contribution is 5.82. The molecule has 0 saturated carbocycles. The zero-order chi connectivity index (χ0) is 8.97. The van der Waals surface area contributed by atoms with Gasteiger partial charge in [-0.3, -0.25) is 9.36 Å². The van der Waals surface area contributed by atoms with E-state index in [1.807, 2.05) is 6.92 Å². The number of hydrogen-bond acceptors (Lipinski definition) is 3. The number of aliphatic hydroxyl groups excluding tert-OH is 1. The number of rotatable bonds is 3. The Bertz CT molecular complexity index is 244. The van der Waals surface area contributed by atoms with Gasteiger partial charge < -0.3 is 5.11 Å². The second-order valence-corrected chi connectivity index (χ2v) is 2.61. The van der Waals surface area contributed by atoms with Gasteiger partial charge in [-0.25, -0.2) is 4.98 Å². The summed E-state index contributed by atoms with van der Waals surface area (Å²) >= 11 is 0. The molecule has 0 aliphatic carbocycles. The Balaban J connectivity index is 2.59. The molecule has 0 aliphatic heterocycles. The van der Waals surface area contributed by atoms with Gasteiger partial charge in [0.2, 0.25) is 0 Å². The van der Waals surface area contributed by atoms with Crippen molar-refractivity contribution in [2.75, 3.05) is 0 Å². The van der Waals surface area contributed by atoms with Crippen molar-refractivity contribution < 1.29 is 9.90 Å². The van der Waals surface area contributed by atoms with Crippen LogP contribution < -0.4 is 0 Å². The fourth-order valence-corrected chi connectivity index (χ4v) is 0.958. The lowest BCUT2D eigenvalue weighted by molar-refractivity contribution is 0.0636. The average Bonchev–Trinajstić information content (AvgIpc) is 2.55. The minimum absolute atomic E-state index is 0.311. The zero-order valence-corrected chi connectivity index (χ0v) is 6.97. The number of carbonyl (C=O) groups is 1. The van der Waals surface area contributed by atoms with E-state index in [4.69, 9.17) is 0 Å². The highest BCUT2D eigenvalue weighted by Crippen LogP contribution is 1.99. The van der Waals surface area contributed by atoms with Crippen LogP contribution in [0.4, 0.5) is 0 Å². The van der Waals surface area contributed by atoms with Crippen molar-refractivity contribution in [1.82, 2.24) is 9.55 Å². The molecule has 1 atom stereocenters. The molecule has 1 rings (SSSR count). The smallest absolute Gasteiger partial charge is 0.260 e. The molecule has 1 heterocycles. The number of aromatic nitrogens is 2. The number of nitrogens with zero attached hydrogens (tertiary/aromatic N) is 2. The van der Waals surface area contributed by atoms with E-state index in [0.29, 0.717) is 6.42 Å². The Morgan fingerprint density at radius 1 is 1.75 bits per heavy atom. The summed E-state index contributed by atoms with van der Waals surface area (Å²) in [6.45, 7) is 1.92. The third kappa shape index (κ3) is 1.92. The van der Waals surface area contributed by atoms with Gasteiger partial charge in [-0.05, 0) is 6.42 Å². The van der Waals surface area contributed by atoms with Crippen molar-refractivity contribution >= 4 is 5.91 Å². The van der Waals surface area contributed by atoms with Crippen LogP contribution in [-0.2, 0) is 0 Å². The van der Waals surface area contributed by atoms with Crippen molar-refractivity contribution in [3.8, 4) is 0 Å². The van der Waals surface area contributed by atoms with Crippen LogP contribution in [0.25, 0.3) is 0 Å². The van der Waals surface area contributed by atoms with Gasteiger partial charge in [-0.2, -0.15) is 0 Å². The predicted molar refractivity (Wildman–Crippen MR) is 43.8 cm³/mol. The van der Waals surface area contributed by atoms with E-state index in [1.165, 1.54) is 23.3 Å². The minimum Gasteiger partial charge on any atom is -0.383 e. The molecule has 1 aromatic rings. The number of carbonyl (C=O) groups excluding carboxylic acids is 1. The van der Waals surface area contributed by atoms with Gasteiger partial charge in [-0.1, -0.05) is 13.3 Å². The fraction of sp³-hybridized carbons (Fsp3) is 0.500. The van der Waals surface area contributed by atoms with E-state index in [9.17, 15) is 9.90 Å². The molecule has 0 bridgehead atoms. The van der Waals surface area contributed by atoms with Gasteiger partial charge in [0.15, 0.2) is 0 Å². The molecule has 0 aromatic carbocycles. The molecule has 66 valence electrons. The van der Waals surface area contributed by atoms with Crippen LogP contribution in [0.1, 0.15) is 24.6 Å². The Morgan fingerprint density at radius 2 is 2.50 bits per heavy atom. The summed E-state index contributed by atoms with van der Waals surface area (Å²) in [6, 6.07) is 0. The molecular formula is C8H12N2O2. The summed E-state index contributed by atoms with van der Waals surface area (Å²) in [5.74, 6) is -0.311. The summed E-state index contributed by atoms with van der Waals surface area (Å²) in [5, 5.41) is 9.29. The first kappa shape index (κ1) is 8.93. The average molecular weight is 168 g/mol. The minimum atomic E-state index is -0.899. The normalized spacial score (nSPS) is 12.8. The van der Waals surface area contributed by atoms with Gasteiger partial charge >= 0.3 is 0 Å². The van der Waals surface area contributed by atoms with E-state index in [2.05, 4.69) is 4.98 Å². The van der Waals surface area contributed by atoms with E-state index in [1.54, 1.807) is 0 Å². The summed E-state index contributed by atoms with van der Waals surface area (Å²) in [6.07, 6.45) is 4.82. The second kappa shape index (κ2) is 4.01. The summed E-state index contributed by atoms with van der Waals surface area (Å²) in [4.78, 5) is 15.0. The first-order valence-electron chi connectivity index (χ1n) is 3.96. The molecule has 0 spiro atoms. The van der Waals surface area contributed by atoms with Crippen LogP contribution in [-0.4, -0.2) is 26.7 Å². The molecule has 1 unspecified atom stereocenters. The first-order chi connectivity index (χ1) is 5.75. The Kier molecular flexibility index (Phi) is 2.99. The molecule has 4 heteroatoms. The van der Waals surface area contributed by atoms with Gasteiger partial charge in [0, 0.05) is 12.4 Å². The molecule has 4 nitrogen and oxygen atoms in total. The lowest BCUT2D eigenvalue weighted by Crippen LogP contribution is -2.25. The van der Waals surface area contributed by atoms with Crippen LogP contribution in [0.3, 0.4) is 0 Å². The van der Waals surface area contributed by atoms with Crippen molar-refractivity contribution in [2.45, 2.75) is 25.9 Å². The van der Waals surface area contributed by atoms with Crippen LogP contribution in [0.5, 0.6) is 0 Å². The van der Waals surface area contributed by atoms with Crippen LogP contribution in [0.2, 0.25) is 0 Å². The van der Waals surface area contributed by atoms with E-state index < -0.39 is 6.10 Å². The number of aliphatic hydroxyl groups is 1. The van der Waals surface area contributed by atoms with E-state index in [0.717, 1.165) is 6.42 Å². The molecule has 1 N–H and O–H groups in total. The lowest BCUT2D eigenvalue weighted by atomic mass is 10.2. The third-order valence-corrected chi connectivity index (χ3v) is 1.61. The molecular weight excluding hydrogens is 156 g/mol. The lowest BCUT2D eigenvalue weighted by Gasteiger charge is -2.07. The van der Waals surface area contributed by atoms with Gasteiger partial charge in [-0.15, -0.1) is 0 Å². The van der Waals surface area contributed by atoms with Crippen molar-refractivity contribution in [1.29, 1.82) is 0 Å². The molecule has 0 fully saturated rings. The summed E-state index contributed by atoms with van der Waals surface area (Å²) < 4.78 is 1.29. The standard InChI is InChI=1S/C8H12N2O2/c1-2-3-7(11)8(12)10-5-4-9-6-10/h4-7,11H,2-3H2,1H3. The van der Waals surface area contributed by atoms with Gasteiger partial charge in [0.05, 0.1) is 0 Å². The fourth-order valence-electron chi connectivity index (χ4n) is 0.958. The largest absolute Gasteiger partial charge is 0.383 e. The van der Waals surface area contributed by atoms with Crippen LogP contribution in [0, 0.1) is 0 Å². The van der Waals surface area contributed by atoms with Crippen LogP contribution >= 0.6 is 0 Å². The highest BCUT2D eigenvalue weighted by Gasteiger charge is 2.14. The summed E-state index contributed by atoms with van der Waals surface area (Å²) in [5.41, 5.74) is 0. The maximum absolute atomic E-state index is 11.3. The van der Waals surface area contributed by atoms with Gasteiger partial charge in [0.25, 0.3) is 5.91 Å². The number of imidazole rings is 1. The van der Waals surface area contributed by atoms with E-state index in [-0.39, 0.29) is 5.91 Å². The molecule has 0 aliphatic rings. The second-order valence-electron chi connectivity index (χ2n) is 2.61. The summed E-state index contributed by atoms with van der Waals surface area (Å²) in [7, 11) is 0. The molecule has 0 radical (unpaired) electrons. The quantitative estimate of drug-likeness (QED) is 0.722. The Hall–Kier alpha value is -1.16. The number of hydrogen-bond donors (Lipinski definition) is 1. The maximum atomic E-state index is 11.3. The molecule has 12 heavy (non-hydrogen) atoms. The molecule has 0 amide bonds. The van der Waals surface area contributed by atoms with Crippen molar-refractivity contribution in [3.05, 3.63) is 18.7 Å². The molecule has 0 saturated heterocycles. The van der Waals surface area contributed by atoms with E-state index >= 15 is 0 Å². The topological polar surface area (TPSA) is 55.1 Å². The van der Waals surface area contributed by atoms with Crippen molar-refractivity contribution in [3.63, 3.8) is 0 Å². The first-order valence-corrected chi connectivity index (χ1v) is 3.96. The Labute approximate surface area is 70.9 Å².